The van der Waals surface area contributed by atoms with Crippen molar-refractivity contribution < 1.29 is 19.1 Å². The number of benzene rings is 2. The van der Waals surface area contributed by atoms with Crippen molar-refractivity contribution in [2.24, 2.45) is 10.8 Å². The minimum absolute atomic E-state index is 0.0849. The molecule has 2 aliphatic carbocycles. The van der Waals surface area contributed by atoms with E-state index in [0.717, 1.165) is 35.4 Å². The summed E-state index contributed by atoms with van der Waals surface area (Å²) < 4.78 is 5.86. The van der Waals surface area contributed by atoms with Crippen molar-refractivity contribution >= 4 is 23.2 Å². The second-order valence-corrected chi connectivity index (χ2v) is 12.5. The van der Waals surface area contributed by atoms with Crippen LogP contribution in [0.25, 0.3) is 0 Å². The van der Waals surface area contributed by atoms with E-state index >= 15 is 0 Å². The van der Waals surface area contributed by atoms with Crippen molar-refractivity contribution in [3.63, 3.8) is 0 Å². The Morgan fingerprint density at radius 2 is 1.47 bits per heavy atom. The second kappa shape index (κ2) is 9.57. The van der Waals surface area contributed by atoms with Gasteiger partial charge in [0.05, 0.1) is 0 Å². The van der Waals surface area contributed by atoms with Gasteiger partial charge in [-0.2, -0.15) is 0 Å². The largest absolute Gasteiger partial charge is 0.484 e. The number of hydrogen-bond donors (Lipinski definition) is 2. The van der Waals surface area contributed by atoms with Gasteiger partial charge in [0, 0.05) is 47.0 Å². The molecular weight excluding hydrogens is 476 g/mol. The molecule has 2 N–H and O–H groups in total. The third kappa shape index (κ3) is 5.31. The predicted molar refractivity (Wildman–Crippen MR) is 148 cm³/mol. The number of nitrogens with one attached hydrogen (secondary N) is 2. The number of aryl methyl sites for hydroxylation is 1. The monoisotopic (exact) mass is 512 g/mol. The third-order valence-electron chi connectivity index (χ3n) is 7.62. The molecule has 1 aliphatic heterocycles. The molecule has 0 bridgehead atoms. The first-order valence-electron chi connectivity index (χ1n) is 13.3. The third-order valence-corrected chi connectivity index (χ3v) is 7.62. The highest BCUT2D eigenvalue weighted by Crippen LogP contribution is 2.51. The maximum absolute atomic E-state index is 13.5. The molecule has 1 heterocycles. The zero-order valence-electron chi connectivity index (χ0n) is 22.9. The van der Waals surface area contributed by atoms with Gasteiger partial charge in [-0.05, 0) is 60.4 Å². The van der Waals surface area contributed by atoms with Crippen LogP contribution in [0.5, 0.6) is 5.75 Å². The fraction of sp³-hybridized carbons (Fsp3) is 0.406. The lowest BCUT2D eigenvalue weighted by molar-refractivity contribution is -0.119. The molecule has 2 aromatic carbocycles. The van der Waals surface area contributed by atoms with Crippen LogP contribution in [0.15, 0.2) is 71.1 Å². The number of allylic oxidation sites excluding steroid dienone is 4. The van der Waals surface area contributed by atoms with Crippen molar-refractivity contribution in [2.45, 2.75) is 66.2 Å². The summed E-state index contributed by atoms with van der Waals surface area (Å²) in [5.74, 6) is 0.00361. The number of dihydropyridines is 1. The molecular formula is C32H36N2O4. The average Bonchev–Trinajstić information content (AvgIpc) is 2.81. The number of ketones is 2. The second-order valence-electron chi connectivity index (χ2n) is 12.5. The predicted octanol–water partition coefficient (Wildman–Crippen LogP) is 5.99. The summed E-state index contributed by atoms with van der Waals surface area (Å²) in [6.07, 6.45) is 2.40. The summed E-state index contributed by atoms with van der Waals surface area (Å²) in [6.45, 7) is 10.3. The Balaban J connectivity index is 1.44. The van der Waals surface area contributed by atoms with Crippen LogP contribution in [-0.4, -0.2) is 24.1 Å². The van der Waals surface area contributed by atoms with Crippen LogP contribution in [-0.2, 0) is 14.4 Å². The molecule has 6 heteroatoms. The van der Waals surface area contributed by atoms with Gasteiger partial charge in [0.2, 0.25) is 0 Å². The summed E-state index contributed by atoms with van der Waals surface area (Å²) in [5.41, 5.74) is 5.65. The van der Waals surface area contributed by atoms with Gasteiger partial charge in [-0.15, -0.1) is 0 Å². The summed E-state index contributed by atoms with van der Waals surface area (Å²) in [6, 6.07) is 15.1. The van der Waals surface area contributed by atoms with Gasteiger partial charge < -0.3 is 15.4 Å². The lowest BCUT2D eigenvalue weighted by Gasteiger charge is -2.44. The summed E-state index contributed by atoms with van der Waals surface area (Å²) >= 11 is 0. The van der Waals surface area contributed by atoms with Gasteiger partial charge in [0.1, 0.15) is 5.75 Å². The maximum atomic E-state index is 13.5. The van der Waals surface area contributed by atoms with E-state index in [2.05, 4.69) is 38.3 Å². The fourth-order valence-corrected chi connectivity index (χ4v) is 5.99. The van der Waals surface area contributed by atoms with Crippen LogP contribution >= 0.6 is 0 Å². The van der Waals surface area contributed by atoms with Gasteiger partial charge >= 0.3 is 0 Å². The molecule has 198 valence electrons. The molecule has 2 aromatic rings. The van der Waals surface area contributed by atoms with Gasteiger partial charge in [-0.25, -0.2) is 0 Å². The van der Waals surface area contributed by atoms with E-state index in [4.69, 9.17) is 4.74 Å². The molecule has 38 heavy (non-hydrogen) atoms. The maximum Gasteiger partial charge on any atom is 0.262 e. The van der Waals surface area contributed by atoms with Crippen molar-refractivity contribution in [3.05, 3.63) is 82.2 Å². The summed E-state index contributed by atoms with van der Waals surface area (Å²) in [7, 11) is 0. The van der Waals surface area contributed by atoms with E-state index in [9.17, 15) is 14.4 Å². The van der Waals surface area contributed by atoms with Crippen molar-refractivity contribution in [3.8, 4) is 5.75 Å². The Morgan fingerprint density at radius 1 is 0.895 bits per heavy atom. The Kier molecular flexibility index (Phi) is 6.54. The van der Waals surface area contributed by atoms with E-state index in [-0.39, 0.29) is 34.9 Å². The first kappa shape index (κ1) is 26.0. The van der Waals surface area contributed by atoms with Crippen LogP contribution in [0.4, 0.5) is 5.69 Å². The van der Waals surface area contributed by atoms with Crippen LogP contribution in [0.2, 0.25) is 0 Å². The molecule has 0 fully saturated rings. The zero-order chi connectivity index (χ0) is 27.2. The van der Waals surface area contributed by atoms with Crippen molar-refractivity contribution in [2.75, 3.05) is 11.9 Å². The normalized spacial score (nSPS) is 20.4. The first-order valence-corrected chi connectivity index (χ1v) is 13.3. The molecule has 0 saturated carbocycles. The molecule has 0 saturated heterocycles. The van der Waals surface area contributed by atoms with Crippen LogP contribution in [0.3, 0.4) is 0 Å². The lowest BCUT2D eigenvalue weighted by Crippen LogP contribution is -2.42. The molecule has 0 radical (unpaired) electrons. The van der Waals surface area contributed by atoms with Gasteiger partial charge in [0.15, 0.2) is 18.2 Å². The highest BCUT2D eigenvalue weighted by Gasteiger charge is 2.46. The molecule has 0 aromatic heterocycles. The number of Topliss-reactive ketones (excluding diaryl/α,β-unsaturated/α-hetero) is 2. The molecule has 0 unspecified atom stereocenters. The van der Waals surface area contributed by atoms with Crippen LogP contribution in [0, 0.1) is 17.8 Å². The first-order chi connectivity index (χ1) is 17.9. The Bertz CT molecular complexity index is 1330. The number of rotatable bonds is 5. The van der Waals surface area contributed by atoms with E-state index < -0.39 is 5.92 Å². The highest BCUT2D eigenvalue weighted by molar-refractivity contribution is 6.06. The van der Waals surface area contributed by atoms with Crippen LogP contribution < -0.4 is 15.4 Å². The molecule has 3 aliphatic rings. The number of amides is 1. The standard InChI is InChI=1S/C32H36N2O4/c1-19-9-11-21(12-10-19)33-27(37)18-38-22-8-6-7-20(13-22)28-29-23(14-31(2,3)16-25(29)35)34-24-15-32(4,5)17-26(36)30(24)28/h6-13,28,34H,14-18H2,1-5H3,(H,33,37). The number of carbonyl (C=O) groups excluding carboxylic acids is 3. The van der Waals surface area contributed by atoms with Crippen molar-refractivity contribution in [1.82, 2.24) is 5.32 Å². The zero-order valence-corrected chi connectivity index (χ0v) is 22.9. The molecule has 5 rings (SSSR count). The Morgan fingerprint density at radius 3 is 2.05 bits per heavy atom. The van der Waals surface area contributed by atoms with E-state index in [1.807, 2.05) is 49.4 Å². The Labute approximate surface area is 224 Å². The quantitative estimate of drug-likeness (QED) is 0.514. The van der Waals surface area contributed by atoms with Crippen molar-refractivity contribution in [1.29, 1.82) is 0 Å². The van der Waals surface area contributed by atoms with E-state index in [0.29, 0.717) is 35.4 Å². The topological polar surface area (TPSA) is 84.5 Å². The van der Waals surface area contributed by atoms with Gasteiger partial charge in [-0.1, -0.05) is 57.5 Å². The summed E-state index contributed by atoms with van der Waals surface area (Å²) in [5, 5.41) is 6.39. The summed E-state index contributed by atoms with van der Waals surface area (Å²) in [4.78, 5) is 39.5. The lowest BCUT2D eigenvalue weighted by atomic mass is 9.64. The SMILES string of the molecule is Cc1ccc(NC(=O)COc2cccc(C3C4=C(CC(C)(C)CC4=O)NC4=C3C(=O)CC(C)(C)C4)c2)cc1. The number of ether oxygens (including phenoxy) is 1. The fourth-order valence-electron chi connectivity index (χ4n) is 5.99. The van der Waals surface area contributed by atoms with E-state index in [1.54, 1.807) is 6.07 Å². The minimum atomic E-state index is -0.432. The van der Waals surface area contributed by atoms with Gasteiger partial charge in [0.25, 0.3) is 5.91 Å². The average molecular weight is 513 g/mol. The Hall–Kier alpha value is -3.67. The number of hydrogen-bond acceptors (Lipinski definition) is 5. The number of anilines is 1. The minimum Gasteiger partial charge on any atom is -0.484 e. The smallest absolute Gasteiger partial charge is 0.262 e. The van der Waals surface area contributed by atoms with Gasteiger partial charge in [-0.3, -0.25) is 14.4 Å². The molecule has 6 nitrogen and oxygen atoms in total. The number of carbonyl (C=O) groups is 3. The molecule has 0 atom stereocenters. The highest BCUT2D eigenvalue weighted by atomic mass is 16.5. The van der Waals surface area contributed by atoms with E-state index in [1.165, 1.54) is 0 Å². The van der Waals surface area contributed by atoms with Crippen LogP contribution in [0.1, 0.15) is 70.4 Å². The molecule has 0 spiro atoms. The molecule has 1 amide bonds.